The number of carbonyl (C=O) groups is 1. The predicted molar refractivity (Wildman–Crippen MR) is 74.1 cm³/mol. The summed E-state index contributed by atoms with van der Waals surface area (Å²) in [5, 5.41) is 7.45. The molecular weight excluding hydrogens is 288 g/mol. The number of esters is 1. The first kappa shape index (κ1) is 13.9. The van der Waals surface area contributed by atoms with Crippen LogP contribution in [0.3, 0.4) is 0 Å². The molecule has 22 heavy (non-hydrogen) atoms. The minimum Gasteiger partial charge on any atom is -0.489 e. The van der Waals surface area contributed by atoms with Crippen molar-refractivity contribution in [2.45, 2.75) is 6.61 Å². The van der Waals surface area contributed by atoms with Gasteiger partial charge in [0.05, 0.1) is 13.4 Å². The molecule has 0 aliphatic rings. The zero-order valence-corrected chi connectivity index (χ0v) is 11.7. The van der Waals surface area contributed by atoms with Gasteiger partial charge in [-0.2, -0.15) is 0 Å². The average Bonchev–Trinajstić information content (AvgIpc) is 3.24. The standard InChI is InChI=1S/C15H12N2O5/c1-19-15(18)13-11(6-7-20-13)8-21-12-4-2-10(3-5-12)14-17-16-9-22-14/h2-7,9H,8H2,1H3. The van der Waals surface area contributed by atoms with Crippen LogP contribution in [0, 0.1) is 0 Å². The van der Waals surface area contributed by atoms with E-state index in [0.717, 1.165) is 5.56 Å². The topological polar surface area (TPSA) is 87.6 Å². The van der Waals surface area contributed by atoms with Gasteiger partial charge in [-0.1, -0.05) is 0 Å². The smallest absolute Gasteiger partial charge is 0.374 e. The van der Waals surface area contributed by atoms with Gasteiger partial charge in [-0.05, 0) is 30.3 Å². The van der Waals surface area contributed by atoms with Crippen LogP contribution in [0.4, 0.5) is 0 Å². The van der Waals surface area contributed by atoms with E-state index in [2.05, 4.69) is 14.9 Å². The van der Waals surface area contributed by atoms with Crippen molar-refractivity contribution in [1.82, 2.24) is 10.2 Å². The Hall–Kier alpha value is -3.09. The second-order valence-corrected chi connectivity index (χ2v) is 4.32. The van der Waals surface area contributed by atoms with E-state index in [4.69, 9.17) is 13.6 Å². The Balaban J connectivity index is 1.67. The van der Waals surface area contributed by atoms with E-state index in [0.29, 0.717) is 17.2 Å². The highest BCUT2D eigenvalue weighted by Gasteiger charge is 2.16. The number of carbonyl (C=O) groups excluding carboxylic acids is 1. The Morgan fingerprint density at radius 2 is 2.00 bits per heavy atom. The zero-order chi connectivity index (χ0) is 15.4. The quantitative estimate of drug-likeness (QED) is 0.669. The second-order valence-electron chi connectivity index (χ2n) is 4.32. The fraction of sp³-hybridized carbons (Fsp3) is 0.133. The monoisotopic (exact) mass is 300 g/mol. The molecule has 3 rings (SSSR count). The highest BCUT2D eigenvalue weighted by Crippen LogP contribution is 2.21. The SMILES string of the molecule is COC(=O)c1occc1COc1ccc(-c2nnco2)cc1. The first-order chi connectivity index (χ1) is 10.8. The van der Waals surface area contributed by atoms with Crippen molar-refractivity contribution in [3.05, 3.63) is 54.3 Å². The molecule has 0 radical (unpaired) electrons. The van der Waals surface area contributed by atoms with E-state index in [-0.39, 0.29) is 12.4 Å². The highest BCUT2D eigenvalue weighted by molar-refractivity contribution is 5.87. The number of rotatable bonds is 5. The number of methoxy groups -OCH3 is 1. The molecule has 3 aromatic rings. The van der Waals surface area contributed by atoms with Crippen molar-refractivity contribution in [3.63, 3.8) is 0 Å². The van der Waals surface area contributed by atoms with Crippen molar-refractivity contribution in [3.8, 4) is 17.2 Å². The Morgan fingerprint density at radius 1 is 1.18 bits per heavy atom. The summed E-state index contributed by atoms with van der Waals surface area (Å²) >= 11 is 0. The van der Waals surface area contributed by atoms with Gasteiger partial charge in [0.25, 0.3) is 0 Å². The molecule has 0 fully saturated rings. The maximum absolute atomic E-state index is 11.5. The first-order valence-electron chi connectivity index (χ1n) is 6.42. The van der Waals surface area contributed by atoms with Crippen LogP contribution in [0.15, 0.2) is 51.8 Å². The van der Waals surface area contributed by atoms with Crippen molar-refractivity contribution in [1.29, 1.82) is 0 Å². The van der Waals surface area contributed by atoms with E-state index in [1.165, 1.54) is 19.8 Å². The van der Waals surface area contributed by atoms with Gasteiger partial charge in [0.15, 0.2) is 0 Å². The molecule has 7 nitrogen and oxygen atoms in total. The van der Waals surface area contributed by atoms with Crippen molar-refractivity contribution in [2.24, 2.45) is 0 Å². The maximum Gasteiger partial charge on any atom is 0.374 e. The van der Waals surface area contributed by atoms with Gasteiger partial charge in [-0.15, -0.1) is 10.2 Å². The summed E-state index contributed by atoms with van der Waals surface area (Å²) in [4.78, 5) is 11.5. The van der Waals surface area contributed by atoms with Gasteiger partial charge in [-0.3, -0.25) is 0 Å². The minimum absolute atomic E-state index is 0.144. The summed E-state index contributed by atoms with van der Waals surface area (Å²) in [5.74, 6) is 0.690. The number of benzene rings is 1. The number of hydrogen-bond acceptors (Lipinski definition) is 7. The Kier molecular flexibility index (Phi) is 3.86. The van der Waals surface area contributed by atoms with Gasteiger partial charge in [0.1, 0.15) is 12.4 Å². The molecule has 0 bridgehead atoms. The summed E-state index contributed by atoms with van der Waals surface area (Å²) < 4.78 is 20.5. The highest BCUT2D eigenvalue weighted by atomic mass is 16.5. The van der Waals surface area contributed by atoms with Gasteiger partial charge >= 0.3 is 5.97 Å². The molecule has 2 heterocycles. The zero-order valence-electron chi connectivity index (χ0n) is 11.7. The largest absolute Gasteiger partial charge is 0.489 e. The summed E-state index contributed by atoms with van der Waals surface area (Å²) in [6.45, 7) is 0.195. The van der Waals surface area contributed by atoms with Crippen LogP contribution in [0.25, 0.3) is 11.5 Å². The lowest BCUT2D eigenvalue weighted by Crippen LogP contribution is -2.05. The maximum atomic E-state index is 11.5. The molecule has 0 saturated heterocycles. The van der Waals surface area contributed by atoms with E-state index in [1.807, 2.05) is 0 Å². The number of nitrogens with zero attached hydrogens (tertiary/aromatic N) is 2. The molecule has 0 amide bonds. The van der Waals surface area contributed by atoms with E-state index >= 15 is 0 Å². The number of aromatic nitrogens is 2. The molecule has 0 aliphatic heterocycles. The summed E-state index contributed by atoms with van der Waals surface area (Å²) in [6.07, 6.45) is 2.69. The molecule has 0 unspecified atom stereocenters. The molecule has 0 N–H and O–H groups in total. The van der Waals surface area contributed by atoms with Crippen LogP contribution >= 0.6 is 0 Å². The number of ether oxygens (including phenoxy) is 2. The predicted octanol–water partition coefficient (Wildman–Crippen LogP) is 2.70. The van der Waals surface area contributed by atoms with Crippen LogP contribution in [-0.4, -0.2) is 23.3 Å². The summed E-state index contributed by atoms with van der Waals surface area (Å²) in [6, 6.07) is 8.83. The Labute approximate surface area is 125 Å². The van der Waals surface area contributed by atoms with Crippen molar-refractivity contribution in [2.75, 3.05) is 7.11 Å². The lowest BCUT2D eigenvalue weighted by atomic mass is 10.2. The molecular formula is C15H12N2O5. The van der Waals surface area contributed by atoms with Crippen LogP contribution in [0.2, 0.25) is 0 Å². The third-order valence-electron chi connectivity index (χ3n) is 2.97. The normalized spacial score (nSPS) is 10.4. The van der Waals surface area contributed by atoms with E-state index in [1.54, 1.807) is 30.3 Å². The minimum atomic E-state index is -0.532. The van der Waals surface area contributed by atoms with Crippen molar-refractivity contribution < 1.29 is 23.1 Å². The lowest BCUT2D eigenvalue weighted by Gasteiger charge is -2.06. The van der Waals surface area contributed by atoms with Gasteiger partial charge in [0.2, 0.25) is 18.0 Å². The Morgan fingerprint density at radius 3 is 2.68 bits per heavy atom. The van der Waals surface area contributed by atoms with Gasteiger partial charge in [-0.25, -0.2) is 4.79 Å². The van der Waals surface area contributed by atoms with Crippen LogP contribution in [0.5, 0.6) is 5.75 Å². The van der Waals surface area contributed by atoms with Gasteiger partial charge < -0.3 is 18.3 Å². The molecule has 0 spiro atoms. The van der Waals surface area contributed by atoms with Gasteiger partial charge in [0, 0.05) is 11.1 Å². The third-order valence-corrected chi connectivity index (χ3v) is 2.97. The molecule has 112 valence electrons. The molecule has 7 heteroatoms. The second kappa shape index (κ2) is 6.13. The molecule has 0 atom stereocenters. The van der Waals surface area contributed by atoms with Crippen LogP contribution in [-0.2, 0) is 11.3 Å². The number of furan rings is 1. The van der Waals surface area contributed by atoms with E-state index < -0.39 is 5.97 Å². The summed E-state index contributed by atoms with van der Waals surface area (Å²) in [7, 11) is 1.30. The number of hydrogen-bond donors (Lipinski definition) is 0. The fourth-order valence-corrected chi connectivity index (χ4v) is 1.87. The molecule has 1 aromatic carbocycles. The van der Waals surface area contributed by atoms with Crippen LogP contribution in [0.1, 0.15) is 16.1 Å². The third kappa shape index (κ3) is 2.83. The molecule has 0 aliphatic carbocycles. The van der Waals surface area contributed by atoms with Crippen molar-refractivity contribution >= 4 is 5.97 Å². The van der Waals surface area contributed by atoms with E-state index in [9.17, 15) is 4.79 Å². The lowest BCUT2D eigenvalue weighted by molar-refractivity contribution is 0.0561. The summed E-state index contributed by atoms with van der Waals surface area (Å²) in [5.41, 5.74) is 1.41. The first-order valence-corrected chi connectivity index (χ1v) is 6.42. The average molecular weight is 300 g/mol. The molecule has 0 saturated carbocycles. The van der Waals surface area contributed by atoms with Crippen LogP contribution < -0.4 is 4.74 Å². The molecule has 2 aromatic heterocycles. The Bertz CT molecular complexity index is 747. The fourth-order valence-electron chi connectivity index (χ4n) is 1.87.